The summed E-state index contributed by atoms with van der Waals surface area (Å²) in [5, 5.41) is 14.9. The first-order valence-corrected chi connectivity index (χ1v) is 7.75. The molecular weight excluding hydrogens is 292 g/mol. The number of aliphatic hydroxyl groups excluding tert-OH is 1. The second-order valence-corrected chi connectivity index (χ2v) is 6.72. The van der Waals surface area contributed by atoms with Crippen molar-refractivity contribution in [2.45, 2.75) is 45.1 Å². The highest BCUT2D eigenvalue weighted by Gasteiger charge is 2.53. The van der Waals surface area contributed by atoms with Crippen LogP contribution in [0.15, 0.2) is 4.47 Å². The molecule has 1 aromatic heterocycles. The lowest BCUT2D eigenvalue weighted by Crippen LogP contribution is -2.17. The zero-order valence-corrected chi connectivity index (χ0v) is 12.7. The molecule has 3 unspecified atom stereocenters. The summed E-state index contributed by atoms with van der Waals surface area (Å²) in [4.78, 5) is 0. The third-order valence-corrected chi connectivity index (χ3v) is 5.86. The van der Waals surface area contributed by atoms with Gasteiger partial charge in [-0.25, -0.2) is 0 Å². The molecule has 2 aliphatic carbocycles. The average Bonchev–Trinajstić information content (AvgIpc) is 3.03. The van der Waals surface area contributed by atoms with Gasteiger partial charge in [-0.3, -0.25) is 4.68 Å². The molecule has 3 nitrogen and oxygen atoms in total. The number of hydrogen-bond acceptors (Lipinski definition) is 2. The van der Waals surface area contributed by atoms with Gasteiger partial charge in [-0.15, -0.1) is 0 Å². The fourth-order valence-electron chi connectivity index (χ4n) is 3.85. The monoisotopic (exact) mass is 312 g/mol. The standard InChI is InChI=1S/C14H21BrN2O/c1-8-14(15)11(17(2)16-8)7-12(18)13-9-5-3-4-6-10(9)13/h9-10,12-13,18H,3-7H2,1-2H3. The van der Waals surface area contributed by atoms with Crippen LogP contribution in [-0.2, 0) is 13.5 Å². The molecule has 1 N–H and O–H groups in total. The fraction of sp³-hybridized carbons (Fsp3) is 0.786. The van der Waals surface area contributed by atoms with Crippen LogP contribution in [0.4, 0.5) is 0 Å². The maximum absolute atomic E-state index is 10.5. The van der Waals surface area contributed by atoms with E-state index < -0.39 is 0 Å². The minimum Gasteiger partial charge on any atom is -0.392 e. The van der Waals surface area contributed by atoms with Crippen LogP contribution in [0.25, 0.3) is 0 Å². The molecule has 18 heavy (non-hydrogen) atoms. The van der Waals surface area contributed by atoms with Crippen molar-refractivity contribution < 1.29 is 5.11 Å². The Labute approximate surface area is 117 Å². The molecule has 0 aromatic carbocycles. The molecule has 0 aliphatic heterocycles. The predicted octanol–water partition coefficient (Wildman–Crippen LogP) is 2.83. The SMILES string of the molecule is Cc1nn(C)c(CC(O)C2C3CCCCC32)c1Br. The molecule has 1 heterocycles. The minimum absolute atomic E-state index is 0.191. The molecule has 0 bridgehead atoms. The third-order valence-electron chi connectivity index (χ3n) is 4.83. The van der Waals surface area contributed by atoms with Crippen molar-refractivity contribution >= 4 is 15.9 Å². The van der Waals surface area contributed by atoms with E-state index in [9.17, 15) is 5.11 Å². The Morgan fingerprint density at radius 3 is 2.50 bits per heavy atom. The molecule has 4 heteroatoms. The molecule has 100 valence electrons. The van der Waals surface area contributed by atoms with Gasteiger partial charge in [-0.1, -0.05) is 12.8 Å². The molecule has 1 aromatic rings. The van der Waals surface area contributed by atoms with E-state index in [0.29, 0.717) is 5.92 Å². The first-order valence-electron chi connectivity index (χ1n) is 6.95. The number of fused-ring (bicyclic) bond motifs is 1. The number of aromatic nitrogens is 2. The Kier molecular flexibility index (Phi) is 3.27. The summed E-state index contributed by atoms with van der Waals surface area (Å²) < 4.78 is 2.96. The van der Waals surface area contributed by atoms with Gasteiger partial charge in [-0.2, -0.15) is 5.10 Å². The Morgan fingerprint density at radius 2 is 2.00 bits per heavy atom. The van der Waals surface area contributed by atoms with Gasteiger partial charge in [0, 0.05) is 13.5 Å². The van der Waals surface area contributed by atoms with Gasteiger partial charge in [0.2, 0.25) is 0 Å². The van der Waals surface area contributed by atoms with Crippen LogP contribution in [0.5, 0.6) is 0 Å². The second kappa shape index (κ2) is 4.64. The average molecular weight is 313 g/mol. The predicted molar refractivity (Wildman–Crippen MR) is 74.3 cm³/mol. The highest BCUT2D eigenvalue weighted by molar-refractivity contribution is 9.10. The Morgan fingerprint density at radius 1 is 1.39 bits per heavy atom. The van der Waals surface area contributed by atoms with E-state index in [1.807, 2.05) is 18.7 Å². The van der Waals surface area contributed by atoms with Crippen LogP contribution >= 0.6 is 15.9 Å². The number of halogens is 1. The van der Waals surface area contributed by atoms with Crippen molar-refractivity contribution in [3.8, 4) is 0 Å². The van der Waals surface area contributed by atoms with E-state index in [1.54, 1.807) is 0 Å². The number of rotatable bonds is 3. The van der Waals surface area contributed by atoms with Crippen LogP contribution in [0.3, 0.4) is 0 Å². The van der Waals surface area contributed by atoms with E-state index in [2.05, 4.69) is 21.0 Å². The van der Waals surface area contributed by atoms with Gasteiger partial charge in [0.25, 0.3) is 0 Å². The Hall–Kier alpha value is -0.350. The number of aryl methyl sites for hydroxylation is 2. The minimum atomic E-state index is -0.191. The maximum Gasteiger partial charge on any atom is 0.0738 e. The summed E-state index contributed by atoms with van der Waals surface area (Å²) in [7, 11) is 1.96. The Bertz CT molecular complexity index is 445. The van der Waals surface area contributed by atoms with E-state index in [0.717, 1.165) is 34.1 Å². The van der Waals surface area contributed by atoms with Crippen LogP contribution in [-0.4, -0.2) is 21.0 Å². The normalized spacial score (nSPS) is 32.1. The highest BCUT2D eigenvalue weighted by Crippen LogP contribution is 2.57. The van der Waals surface area contributed by atoms with E-state index in [4.69, 9.17) is 0 Å². The van der Waals surface area contributed by atoms with Crippen molar-refractivity contribution in [2.75, 3.05) is 0 Å². The maximum atomic E-state index is 10.5. The van der Waals surface area contributed by atoms with Gasteiger partial charge in [-0.05, 0) is 53.4 Å². The second-order valence-electron chi connectivity index (χ2n) is 5.93. The van der Waals surface area contributed by atoms with Crippen molar-refractivity contribution in [1.29, 1.82) is 0 Å². The van der Waals surface area contributed by atoms with Gasteiger partial charge in [0.15, 0.2) is 0 Å². The van der Waals surface area contributed by atoms with Gasteiger partial charge >= 0.3 is 0 Å². The van der Waals surface area contributed by atoms with Crippen LogP contribution in [0.1, 0.15) is 37.1 Å². The summed E-state index contributed by atoms with van der Waals surface area (Å²) >= 11 is 3.58. The summed E-state index contributed by atoms with van der Waals surface area (Å²) in [6.45, 7) is 2.00. The van der Waals surface area contributed by atoms with Crippen molar-refractivity contribution in [3.63, 3.8) is 0 Å². The van der Waals surface area contributed by atoms with Gasteiger partial charge < -0.3 is 5.11 Å². The van der Waals surface area contributed by atoms with Crippen LogP contribution < -0.4 is 0 Å². The molecule has 3 atom stereocenters. The lowest BCUT2D eigenvalue weighted by atomic mass is 10.0. The third kappa shape index (κ3) is 2.03. The van der Waals surface area contributed by atoms with E-state index in [-0.39, 0.29) is 6.10 Å². The van der Waals surface area contributed by atoms with Gasteiger partial charge in [0.1, 0.15) is 0 Å². The summed E-state index contributed by atoms with van der Waals surface area (Å²) in [5.74, 6) is 2.17. The first-order chi connectivity index (χ1) is 8.59. The quantitative estimate of drug-likeness (QED) is 0.932. The molecule has 2 fully saturated rings. The van der Waals surface area contributed by atoms with E-state index in [1.165, 1.54) is 25.7 Å². The number of aliphatic hydroxyl groups is 1. The van der Waals surface area contributed by atoms with Crippen LogP contribution in [0.2, 0.25) is 0 Å². The zero-order valence-electron chi connectivity index (χ0n) is 11.1. The summed E-state index contributed by atoms with van der Waals surface area (Å²) in [5.41, 5.74) is 2.14. The first kappa shape index (κ1) is 12.7. The molecule has 0 spiro atoms. The van der Waals surface area contributed by atoms with Crippen molar-refractivity contribution in [2.24, 2.45) is 24.8 Å². The van der Waals surface area contributed by atoms with Crippen LogP contribution in [0, 0.1) is 24.7 Å². The lowest BCUT2D eigenvalue weighted by molar-refractivity contribution is 0.138. The molecular formula is C14H21BrN2O. The molecule has 3 rings (SSSR count). The zero-order chi connectivity index (χ0) is 12.9. The molecule has 0 radical (unpaired) electrons. The Balaban J connectivity index is 1.69. The van der Waals surface area contributed by atoms with Crippen molar-refractivity contribution in [3.05, 3.63) is 15.9 Å². The highest BCUT2D eigenvalue weighted by atomic mass is 79.9. The topological polar surface area (TPSA) is 38.0 Å². The molecule has 0 amide bonds. The summed E-state index contributed by atoms with van der Waals surface area (Å²) in [6.07, 6.45) is 5.92. The van der Waals surface area contributed by atoms with Crippen molar-refractivity contribution in [1.82, 2.24) is 9.78 Å². The number of nitrogens with zero attached hydrogens (tertiary/aromatic N) is 2. The van der Waals surface area contributed by atoms with E-state index >= 15 is 0 Å². The molecule has 0 saturated heterocycles. The summed E-state index contributed by atoms with van der Waals surface area (Å²) in [6, 6.07) is 0. The van der Waals surface area contributed by atoms with Gasteiger partial charge in [0.05, 0.1) is 22.0 Å². The smallest absolute Gasteiger partial charge is 0.0738 e. The largest absolute Gasteiger partial charge is 0.392 e. The lowest BCUT2D eigenvalue weighted by Gasteiger charge is -2.11. The number of hydrogen-bond donors (Lipinski definition) is 1. The molecule has 2 aliphatic rings. The fourth-order valence-corrected chi connectivity index (χ4v) is 4.35. The molecule has 2 saturated carbocycles.